The van der Waals surface area contributed by atoms with Crippen LogP contribution in [0.15, 0.2) is 48.5 Å². The average Bonchev–Trinajstić information content (AvgIpc) is 3.01. The Morgan fingerprint density at radius 1 is 0.644 bits per heavy atom. The molecule has 0 aliphatic rings. The number of unbranched alkanes of at least 4 members (excludes halogenated alkanes) is 1. The van der Waals surface area contributed by atoms with Crippen LogP contribution in [0.5, 0.6) is 0 Å². The van der Waals surface area contributed by atoms with Gasteiger partial charge in [-0.3, -0.25) is 29.0 Å². The van der Waals surface area contributed by atoms with Gasteiger partial charge in [0.05, 0.1) is 62.7 Å². The van der Waals surface area contributed by atoms with Crippen molar-refractivity contribution in [2.45, 2.75) is 33.6 Å². The average molecular weight is 624 g/mol. The number of carbonyl (C=O) groups is 4. The second-order valence-electron chi connectivity index (χ2n) is 10.3. The van der Waals surface area contributed by atoms with E-state index >= 15 is 0 Å². The molecule has 0 atom stereocenters. The van der Waals surface area contributed by atoms with Crippen LogP contribution in [-0.4, -0.2) is 111 Å². The highest BCUT2D eigenvalue weighted by Gasteiger charge is 2.20. The summed E-state index contributed by atoms with van der Waals surface area (Å²) < 4.78 is 15.1. The number of carbonyl (C=O) groups excluding carboxylic acids is 4. The number of anilines is 1. The minimum absolute atomic E-state index is 0.0429. The van der Waals surface area contributed by atoms with Gasteiger partial charge < -0.3 is 24.8 Å². The first-order valence-corrected chi connectivity index (χ1v) is 15.5. The van der Waals surface area contributed by atoms with Crippen molar-refractivity contribution in [3.63, 3.8) is 0 Å². The third-order valence-corrected chi connectivity index (χ3v) is 6.89. The SMILES string of the molecule is CCOC(=O)CN(CCN(CC(=O)OCC)CC(=O)OCC)CC(=O)NCCCCNc1c2ccccc2nc2ccccc12. The van der Waals surface area contributed by atoms with E-state index in [2.05, 4.69) is 22.8 Å². The summed E-state index contributed by atoms with van der Waals surface area (Å²) in [6.45, 7) is 7.05. The Morgan fingerprint density at radius 2 is 1.09 bits per heavy atom. The zero-order valence-electron chi connectivity index (χ0n) is 26.5. The van der Waals surface area contributed by atoms with E-state index in [1.54, 1.807) is 30.6 Å². The van der Waals surface area contributed by atoms with Crippen molar-refractivity contribution in [1.29, 1.82) is 0 Å². The van der Waals surface area contributed by atoms with Crippen LogP contribution in [0.25, 0.3) is 21.8 Å². The summed E-state index contributed by atoms with van der Waals surface area (Å²) in [6.07, 6.45) is 1.58. The number of para-hydroxylation sites is 2. The van der Waals surface area contributed by atoms with E-state index in [0.717, 1.165) is 46.9 Å². The zero-order chi connectivity index (χ0) is 32.4. The van der Waals surface area contributed by atoms with Gasteiger partial charge in [-0.15, -0.1) is 0 Å². The Bertz CT molecular complexity index is 1340. The van der Waals surface area contributed by atoms with Crippen LogP contribution in [-0.2, 0) is 33.4 Å². The van der Waals surface area contributed by atoms with Crippen molar-refractivity contribution in [2.75, 3.05) is 77.5 Å². The molecule has 1 heterocycles. The highest BCUT2D eigenvalue weighted by atomic mass is 16.5. The van der Waals surface area contributed by atoms with Crippen molar-refractivity contribution in [1.82, 2.24) is 20.1 Å². The van der Waals surface area contributed by atoms with E-state index in [1.165, 1.54) is 0 Å². The van der Waals surface area contributed by atoms with Crippen molar-refractivity contribution < 1.29 is 33.4 Å². The summed E-state index contributed by atoms with van der Waals surface area (Å²) in [5.41, 5.74) is 2.92. The molecule has 0 radical (unpaired) electrons. The molecule has 45 heavy (non-hydrogen) atoms. The van der Waals surface area contributed by atoms with Gasteiger partial charge in [-0.05, 0) is 45.7 Å². The number of fused-ring (bicyclic) bond motifs is 2. The van der Waals surface area contributed by atoms with Crippen molar-refractivity contribution >= 4 is 51.3 Å². The molecule has 2 aromatic carbocycles. The topological polar surface area (TPSA) is 139 Å². The maximum atomic E-state index is 12.8. The highest BCUT2D eigenvalue weighted by Crippen LogP contribution is 2.30. The molecule has 0 aliphatic carbocycles. The van der Waals surface area contributed by atoms with Crippen molar-refractivity contribution in [3.05, 3.63) is 48.5 Å². The third-order valence-electron chi connectivity index (χ3n) is 6.89. The molecule has 0 unspecified atom stereocenters. The standard InChI is InChI=1S/C33H45N5O7/c1-4-43-30(40)22-37(19-20-38(23-31(41)44-5-2)24-32(42)45-6-3)21-29(39)34-17-11-12-18-35-33-25-13-7-9-15-27(25)36-28-16-10-8-14-26(28)33/h7-10,13-16H,4-6,11-12,17-24H2,1-3H3,(H,34,39)(H,35,36). The monoisotopic (exact) mass is 623 g/mol. The minimum atomic E-state index is -0.476. The smallest absolute Gasteiger partial charge is 0.320 e. The van der Waals surface area contributed by atoms with Gasteiger partial charge in [0, 0.05) is 37.0 Å². The van der Waals surface area contributed by atoms with E-state index < -0.39 is 17.9 Å². The number of nitrogens with zero attached hydrogens (tertiary/aromatic N) is 3. The van der Waals surface area contributed by atoms with E-state index in [1.807, 2.05) is 36.4 Å². The molecule has 0 spiro atoms. The molecule has 0 fully saturated rings. The molecule has 0 saturated heterocycles. The lowest BCUT2D eigenvalue weighted by molar-refractivity contribution is -0.149. The Hall–Kier alpha value is -4.29. The molecule has 1 amide bonds. The number of esters is 3. The minimum Gasteiger partial charge on any atom is -0.465 e. The van der Waals surface area contributed by atoms with Crippen LogP contribution in [0.3, 0.4) is 0 Å². The first-order chi connectivity index (χ1) is 21.8. The first-order valence-electron chi connectivity index (χ1n) is 15.5. The Kier molecular flexibility index (Phi) is 15.0. The van der Waals surface area contributed by atoms with Gasteiger partial charge >= 0.3 is 17.9 Å². The van der Waals surface area contributed by atoms with Gasteiger partial charge in [-0.1, -0.05) is 36.4 Å². The van der Waals surface area contributed by atoms with Crippen LogP contribution in [0.1, 0.15) is 33.6 Å². The highest BCUT2D eigenvalue weighted by molar-refractivity contribution is 6.07. The number of benzene rings is 2. The van der Waals surface area contributed by atoms with E-state index in [0.29, 0.717) is 6.54 Å². The molecule has 12 nitrogen and oxygen atoms in total. The fourth-order valence-corrected chi connectivity index (χ4v) is 4.86. The number of nitrogens with one attached hydrogen (secondary N) is 2. The van der Waals surface area contributed by atoms with Crippen LogP contribution >= 0.6 is 0 Å². The molecule has 2 N–H and O–H groups in total. The number of rotatable bonds is 20. The maximum Gasteiger partial charge on any atom is 0.320 e. The summed E-state index contributed by atoms with van der Waals surface area (Å²) in [5.74, 6) is -1.65. The van der Waals surface area contributed by atoms with Crippen LogP contribution in [0, 0.1) is 0 Å². The predicted molar refractivity (Wildman–Crippen MR) is 173 cm³/mol. The summed E-state index contributed by atoms with van der Waals surface area (Å²) in [6, 6.07) is 16.1. The van der Waals surface area contributed by atoms with Gasteiger partial charge in [-0.2, -0.15) is 0 Å². The largest absolute Gasteiger partial charge is 0.465 e. The lowest BCUT2D eigenvalue weighted by atomic mass is 10.1. The van der Waals surface area contributed by atoms with Gasteiger partial charge in [0.25, 0.3) is 0 Å². The number of amides is 1. The van der Waals surface area contributed by atoms with E-state index in [-0.39, 0.29) is 65.0 Å². The molecule has 0 saturated carbocycles. The maximum absolute atomic E-state index is 12.8. The lowest BCUT2D eigenvalue weighted by Gasteiger charge is -2.25. The Balaban J connectivity index is 1.50. The number of aromatic nitrogens is 1. The molecular weight excluding hydrogens is 578 g/mol. The van der Waals surface area contributed by atoms with E-state index in [4.69, 9.17) is 19.2 Å². The molecular formula is C33H45N5O7. The number of hydrogen-bond acceptors (Lipinski definition) is 11. The van der Waals surface area contributed by atoms with Gasteiger partial charge in [-0.25, -0.2) is 4.98 Å². The quantitative estimate of drug-likeness (QED) is 0.0831. The number of hydrogen-bond donors (Lipinski definition) is 2. The molecule has 0 bridgehead atoms. The third kappa shape index (κ3) is 12.0. The zero-order valence-corrected chi connectivity index (χ0v) is 26.5. The fourth-order valence-electron chi connectivity index (χ4n) is 4.86. The van der Waals surface area contributed by atoms with Crippen LogP contribution in [0.2, 0.25) is 0 Å². The lowest BCUT2D eigenvalue weighted by Crippen LogP contribution is -2.46. The summed E-state index contributed by atoms with van der Waals surface area (Å²) in [7, 11) is 0. The molecule has 244 valence electrons. The molecule has 1 aromatic heterocycles. The number of ether oxygens (including phenoxy) is 3. The van der Waals surface area contributed by atoms with Crippen molar-refractivity contribution in [2.24, 2.45) is 0 Å². The van der Waals surface area contributed by atoms with Gasteiger partial charge in [0.2, 0.25) is 5.91 Å². The normalized spacial score (nSPS) is 11.1. The van der Waals surface area contributed by atoms with Gasteiger partial charge in [0.15, 0.2) is 0 Å². The fraction of sp³-hybridized carbons (Fsp3) is 0.485. The van der Waals surface area contributed by atoms with Crippen molar-refractivity contribution in [3.8, 4) is 0 Å². The molecule has 12 heteroatoms. The Morgan fingerprint density at radius 3 is 1.58 bits per heavy atom. The molecule has 3 aromatic rings. The first kappa shape index (κ1) is 35.2. The molecule has 3 rings (SSSR count). The predicted octanol–water partition coefficient (Wildman–Crippen LogP) is 2.99. The number of pyridine rings is 1. The Labute approximate surface area is 264 Å². The van der Waals surface area contributed by atoms with Gasteiger partial charge in [0.1, 0.15) is 0 Å². The second kappa shape index (κ2) is 19.2. The summed E-state index contributed by atoms with van der Waals surface area (Å²) in [5, 5.41) is 8.63. The summed E-state index contributed by atoms with van der Waals surface area (Å²) in [4.78, 5) is 57.2. The van der Waals surface area contributed by atoms with Crippen LogP contribution in [0.4, 0.5) is 5.69 Å². The molecule has 0 aliphatic heterocycles. The van der Waals surface area contributed by atoms with E-state index in [9.17, 15) is 19.2 Å². The summed E-state index contributed by atoms with van der Waals surface area (Å²) >= 11 is 0. The van der Waals surface area contributed by atoms with Crippen LogP contribution < -0.4 is 10.6 Å². The second-order valence-corrected chi connectivity index (χ2v) is 10.3.